The third-order valence-corrected chi connectivity index (χ3v) is 3.10. The first-order valence-corrected chi connectivity index (χ1v) is 6.59. The highest BCUT2D eigenvalue weighted by Gasteiger charge is 2.16. The van der Waals surface area contributed by atoms with E-state index in [-0.39, 0.29) is 12.6 Å². The maximum absolute atomic E-state index is 9.50. The van der Waals surface area contributed by atoms with E-state index in [1.165, 1.54) is 0 Å². The van der Waals surface area contributed by atoms with Gasteiger partial charge < -0.3 is 24.8 Å². The summed E-state index contributed by atoms with van der Waals surface area (Å²) in [5.41, 5.74) is 1.02. The fraction of sp³-hybridized carbons (Fsp3) is 0.571. The third kappa shape index (κ3) is 3.83. The molecule has 1 aromatic carbocycles. The van der Waals surface area contributed by atoms with Crippen molar-refractivity contribution >= 4 is 0 Å². The summed E-state index contributed by atoms with van der Waals surface area (Å²) in [6, 6.07) is 5.74. The molecule has 0 saturated carbocycles. The SMILES string of the molecule is CN(C)CCNC(CO)c1ccc2c(c1)OCCO2. The molecular formula is C14H22N2O3. The summed E-state index contributed by atoms with van der Waals surface area (Å²) in [7, 11) is 4.05. The Balaban J connectivity index is 2.01. The van der Waals surface area contributed by atoms with Crippen LogP contribution >= 0.6 is 0 Å². The van der Waals surface area contributed by atoms with Crippen molar-refractivity contribution in [2.24, 2.45) is 0 Å². The van der Waals surface area contributed by atoms with Crippen LogP contribution in [0.25, 0.3) is 0 Å². The minimum atomic E-state index is -0.0734. The minimum absolute atomic E-state index is 0.0626. The van der Waals surface area contributed by atoms with Gasteiger partial charge in [-0.1, -0.05) is 6.07 Å². The number of ether oxygens (including phenoxy) is 2. The quantitative estimate of drug-likeness (QED) is 0.791. The van der Waals surface area contributed by atoms with Crippen molar-refractivity contribution in [3.63, 3.8) is 0 Å². The number of nitrogens with one attached hydrogen (secondary N) is 1. The summed E-state index contributed by atoms with van der Waals surface area (Å²) < 4.78 is 11.0. The summed E-state index contributed by atoms with van der Waals surface area (Å²) in [4.78, 5) is 2.10. The van der Waals surface area contributed by atoms with Crippen LogP contribution in [-0.2, 0) is 0 Å². The van der Waals surface area contributed by atoms with E-state index in [1.807, 2.05) is 32.3 Å². The van der Waals surface area contributed by atoms with Gasteiger partial charge in [0.25, 0.3) is 0 Å². The van der Waals surface area contributed by atoms with Crippen molar-refractivity contribution in [3.8, 4) is 11.5 Å². The van der Waals surface area contributed by atoms with Crippen LogP contribution in [0.2, 0.25) is 0 Å². The second-order valence-electron chi connectivity index (χ2n) is 4.90. The van der Waals surface area contributed by atoms with E-state index in [2.05, 4.69) is 10.2 Å². The van der Waals surface area contributed by atoms with Crippen LogP contribution in [-0.4, -0.2) is 57.0 Å². The van der Waals surface area contributed by atoms with Gasteiger partial charge in [0.05, 0.1) is 12.6 Å². The summed E-state index contributed by atoms with van der Waals surface area (Å²) >= 11 is 0. The van der Waals surface area contributed by atoms with Crippen LogP contribution < -0.4 is 14.8 Å². The highest BCUT2D eigenvalue weighted by atomic mass is 16.6. The van der Waals surface area contributed by atoms with Crippen LogP contribution in [0.3, 0.4) is 0 Å². The van der Waals surface area contributed by atoms with Crippen LogP contribution in [0, 0.1) is 0 Å². The molecule has 0 spiro atoms. The second kappa shape index (κ2) is 6.75. The summed E-state index contributed by atoms with van der Waals surface area (Å²) in [5, 5.41) is 12.8. The van der Waals surface area contributed by atoms with Crippen molar-refractivity contribution < 1.29 is 14.6 Å². The summed E-state index contributed by atoms with van der Waals surface area (Å²) in [6.07, 6.45) is 0. The molecule has 1 atom stereocenters. The molecule has 0 radical (unpaired) electrons. The van der Waals surface area contributed by atoms with Gasteiger partial charge in [-0.2, -0.15) is 0 Å². The Hall–Kier alpha value is -1.30. The van der Waals surface area contributed by atoms with Gasteiger partial charge >= 0.3 is 0 Å². The van der Waals surface area contributed by atoms with Crippen molar-refractivity contribution in [1.82, 2.24) is 10.2 Å². The zero-order valence-corrected chi connectivity index (χ0v) is 11.6. The zero-order chi connectivity index (χ0) is 13.7. The molecule has 1 aromatic rings. The Labute approximate surface area is 114 Å². The lowest BCUT2D eigenvalue weighted by Crippen LogP contribution is -2.31. The molecule has 1 unspecified atom stereocenters. The molecule has 106 valence electrons. The normalized spacial score (nSPS) is 15.6. The fourth-order valence-electron chi connectivity index (χ4n) is 2.03. The van der Waals surface area contributed by atoms with Gasteiger partial charge in [-0.05, 0) is 31.8 Å². The maximum Gasteiger partial charge on any atom is 0.161 e. The number of fused-ring (bicyclic) bond motifs is 1. The minimum Gasteiger partial charge on any atom is -0.486 e. The third-order valence-electron chi connectivity index (χ3n) is 3.10. The fourth-order valence-corrected chi connectivity index (χ4v) is 2.03. The average molecular weight is 266 g/mol. The lowest BCUT2D eigenvalue weighted by Gasteiger charge is -2.22. The molecule has 5 heteroatoms. The first-order valence-electron chi connectivity index (χ1n) is 6.59. The summed E-state index contributed by atoms with van der Waals surface area (Å²) in [5.74, 6) is 1.54. The molecule has 0 fully saturated rings. The largest absolute Gasteiger partial charge is 0.486 e. The number of likely N-dealkylation sites (N-methyl/N-ethyl adjacent to an activating group) is 1. The highest BCUT2D eigenvalue weighted by Crippen LogP contribution is 2.32. The molecule has 0 saturated heterocycles. The number of aliphatic hydroxyl groups is 1. The van der Waals surface area contributed by atoms with Gasteiger partial charge in [-0.15, -0.1) is 0 Å². The number of hydrogen-bond acceptors (Lipinski definition) is 5. The Morgan fingerprint density at radius 2 is 2.00 bits per heavy atom. The van der Waals surface area contributed by atoms with E-state index < -0.39 is 0 Å². The van der Waals surface area contributed by atoms with Gasteiger partial charge in [0.15, 0.2) is 11.5 Å². The number of hydrogen-bond donors (Lipinski definition) is 2. The van der Waals surface area contributed by atoms with Crippen LogP contribution in [0.4, 0.5) is 0 Å². The van der Waals surface area contributed by atoms with E-state index in [4.69, 9.17) is 9.47 Å². The molecule has 2 rings (SSSR count). The summed E-state index contributed by atoms with van der Waals surface area (Å²) in [6.45, 7) is 2.99. The lowest BCUT2D eigenvalue weighted by atomic mass is 10.1. The number of nitrogens with zero attached hydrogens (tertiary/aromatic N) is 1. The molecule has 0 aliphatic carbocycles. The average Bonchev–Trinajstić information content (AvgIpc) is 2.43. The number of aliphatic hydroxyl groups excluding tert-OH is 1. The van der Waals surface area contributed by atoms with Crippen molar-refractivity contribution in [2.75, 3.05) is 47.0 Å². The van der Waals surface area contributed by atoms with E-state index >= 15 is 0 Å². The Morgan fingerprint density at radius 1 is 1.26 bits per heavy atom. The molecule has 1 heterocycles. The zero-order valence-electron chi connectivity index (χ0n) is 11.6. The predicted molar refractivity (Wildman–Crippen MR) is 73.8 cm³/mol. The molecule has 1 aliphatic rings. The van der Waals surface area contributed by atoms with E-state index in [9.17, 15) is 5.11 Å². The molecule has 5 nitrogen and oxygen atoms in total. The molecule has 2 N–H and O–H groups in total. The topological polar surface area (TPSA) is 54.0 Å². The predicted octanol–water partition coefficient (Wildman–Crippen LogP) is 0.642. The molecule has 0 aromatic heterocycles. The second-order valence-corrected chi connectivity index (χ2v) is 4.90. The smallest absolute Gasteiger partial charge is 0.161 e. The first-order chi connectivity index (χ1) is 9.20. The van der Waals surface area contributed by atoms with Gasteiger partial charge in [0, 0.05) is 13.1 Å². The maximum atomic E-state index is 9.50. The molecule has 0 amide bonds. The first kappa shape index (κ1) is 14.1. The van der Waals surface area contributed by atoms with Gasteiger partial charge in [-0.3, -0.25) is 0 Å². The van der Waals surface area contributed by atoms with Crippen LogP contribution in [0.5, 0.6) is 11.5 Å². The van der Waals surface area contributed by atoms with Crippen molar-refractivity contribution in [2.45, 2.75) is 6.04 Å². The molecule has 1 aliphatic heterocycles. The standard InChI is InChI=1S/C14H22N2O3/c1-16(2)6-5-15-12(10-17)11-3-4-13-14(9-11)19-8-7-18-13/h3-4,9,12,15,17H,5-8,10H2,1-2H3. The van der Waals surface area contributed by atoms with Crippen LogP contribution in [0.15, 0.2) is 18.2 Å². The lowest BCUT2D eigenvalue weighted by molar-refractivity contribution is 0.171. The molecular weight excluding hydrogens is 244 g/mol. The van der Waals surface area contributed by atoms with Crippen molar-refractivity contribution in [1.29, 1.82) is 0 Å². The van der Waals surface area contributed by atoms with E-state index in [1.54, 1.807) is 0 Å². The molecule has 19 heavy (non-hydrogen) atoms. The monoisotopic (exact) mass is 266 g/mol. The Kier molecular flexibility index (Phi) is 5.01. The molecule has 0 bridgehead atoms. The van der Waals surface area contributed by atoms with E-state index in [0.717, 1.165) is 30.2 Å². The number of rotatable bonds is 6. The van der Waals surface area contributed by atoms with Crippen LogP contribution in [0.1, 0.15) is 11.6 Å². The van der Waals surface area contributed by atoms with E-state index in [0.29, 0.717) is 13.2 Å². The highest BCUT2D eigenvalue weighted by molar-refractivity contribution is 5.44. The Morgan fingerprint density at radius 3 is 2.68 bits per heavy atom. The van der Waals surface area contributed by atoms with Gasteiger partial charge in [0.2, 0.25) is 0 Å². The Bertz CT molecular complexity index is 410. The van der Waals surface area contributed by atoms with Gasteiger partial charge in [0.1, 0.15) is 13.2 Å². The number of benzene rings is 1. The van der Waals surface area contributed by atoms with Gasteiger partial charge in [-0.25, -0.2) is 0 Å². The van der Waals surface area contributed by atoms with Crippen molar-refractivity contribution in [3.05, 3.63) is 23.8 Å².